The van der Waals surface area contributed by atoms with Gasteiger partial charge in [-0.2, -0.15) is 0 Å². The largest absolute Gasteiger partial charge is 0.366 e. The predicted octanol–water partition coefficient (Wildman–Crippen LogP) is 3.47. The van der Waals surface area contributed by atoms with E-state index in [2.05, 4.69) is 0 Å². The van der Waals surface area contributed by atoms with E-state index in [-0.39, 0.29) is 10.7 Å². The highest BCUT2D eigenvalue weighted by atomic mass is 35.5. The number of hydrogen-bond acceptors (Lipinski definition) is 4. The summed E-state index contributed by atoms with van der Waals surface area (Å²) in [5, 5.41) is 11.7. The third-order valence-corrected chi connectivity index (χ3v) is 4.47. The standard InChI is InChI=1S/C13H17Cl2N3O2/c14-10-7-12(13(18(19)20)8-11(10)15)17-5-2-9(1-4-16)3-6-17/h7-9H,1-6,16H2. The first-order chi connectivity index (χ1) is 9.52. The lowest BCUT2D eigenvalue weighted by Gasteiger charge is -2.33. The Bertz CT molecular complexity index is 503. The molecule has 0 atom stereocenters. The Morgan fingerprint density at radius 2 is 1.90 bits per heavy atom. The fraction of sp³-hybridized carbons (Fsp3) is 0.538. The van der Waals surface area contributed by atoms with Crippen LogP contribution in [0.1, 0.15) is 19.3 Å². The van der Waals surface area contributed by atoms with E-state index in [9.17, 15) is 10.1 Å². The normalized spacial score (nSPS) is 16.4. The number of piperidine rings is 1. The molecule has 1 aliphatic heterocycles. The third-order valence-electron chi connectivity index (χ3n) is 3.74. The number of anilines is 1. The Balaban J connectivity index is 2.21. The van der Waals surface area contributed by atoms with Crippen molar-refractivity contribution in [2.45, 2.75) is 19.3 Å². The van der Waals surface area contributed by atoms with Crippen LogP contribution in [0.5, 0.6) is 0 Å². The molecule has 0 spiro atoms. The quantitative estimate of drug-likeness (QED) is 0.681. The fourth-order valence-corrected chi connectivity index (χ4v) is 2.94. The molecule has 110 valence electrons. The van der Waals surface area contributed by atoms with Crippen LogP contribution < -0.4 is 10.6 Å². The molecular formula is C13H17Cl2N3O2. The molecule has 2 N–H and O–H groups in total. The molecule has 0 radical (unpaired) electrons. The van der Waals surface area contributed by atoms with Crippen molar-refractivity contribution >= 4 is 34.6 Å². The molecule has 0 unspecified atom stereocenters. The number of halogens is 2. The Hall–Kier alpha value is -1.04. The lowest BCUT2D eigenvalue weighted by Crippen LogP contribution is -2.34. The second-order valence-corrected chi connectivity index (χ2v) is 5.83. The Morgan fingerprint density at radius 1 is 1.30 bits per heavy atom. The topological polar surface area (TPSA) is 72.4 Å². The Labute approximate surface area is 127 Å². The maximum Gasteiger partial charge on any atom is 0.294 e. The highest BCUT2D eigenvalue weighted by Crippen LogP contribution is 2.38. The van der Waals surface area contributed by atoms with E-state index in [0.717, 1.165) is 32.4 Å². The lowest BCUT2D eigenvalue weighted by molar-refractivity contribution is -0.384. The average molecular weight is 318 g/mol. The molecule has 0 aliphatic carbocycles. The highest BCUT2D eigenvalue weighted by molar-refractivity contribution is 6.42. The lowest BCUT2D eigenvalue weighted by atomic mass is 9.93. The van der Waals surface area contributed by atoms with Gasteiger partial charge >= 0.3 is 0 Å². The van der Waals surface area contributed by atoms with Crippen molar-refractivity contribution in [2.75, 3.05) is 24.5 Å². The molecule has 1 saturated heterocycles. The summed E-state index contributed by atoms with van der Waals surface area (Å²) in [4.78, 5) is 12.7. The van der Waals surface area contributed by atoms with Crippen LogP contribution in [0.25, 0.3) is 0 Å². The van der Waals surface area contributed by atoms with E-state index >= 15 is 0 Å². The van der Waals surface area contributed by atoms with Gasteiger partial charge in [-0.15, -0.1) is 0 Å². The van der Waals surface area contributed by atoms with Crippen molar-refractivity contribution in [1.29, 1.82) is 0 Å². The van der Waals surface area contributed by atoms with E-state index in [0.29, 0.717) is 23.2 Å². The summed E-state index contributed by atoms with van der Waals surface area (Å²) in [6.07, 6.45) is 3.00. The van der Waals surface area contributed by atoms with Gasteiger partial charge in [0.1, 0.15) is 5.69 Å². The second-order valence-electron chi connectivity index (χ2n) is 5.02. The summed E-state index contributed by atoms with van der Waals surface area (Å²) >= 11 is 11.9. The van der Waals surface area contributed by atoms with Crippen molar-refractivity contribution in [1.82, 2.24) is 0 Å². The summed E-state index contributed by atoms with van der Waals surface area (Å²) in [5.41, 5.74) is 6.13. The monoisotopic (exact) mass is 317 g/mol. The maximum atomic E-state index is 11.2. The fourth-order valence-electron chi connectivity index (χ4n) is 2.62. The van der Waals surface area contributed by atoms with Crippen LogP contribution in [0.4, 0.5) is 11.4 Å². The predicted molar refractivity (Wildman–Crippen MR) is 81.7 cm³/mol. The third kappa shape index (κ3) is 3.34. The van der Waals surface area contributed by atoms with Gasteiger partial charge in [-0.1, -0.05) is 23.2 Å². The van der Waals surface area contributed by atoms with Gasteiger partial charge in [0.15, 0.2) is 0 Å². The van der Waals surface area contributed by atoms with Gasteiger partial charge in [-0.25, -0.2) is 0 Å². The van der Waals surface area contributed by atoms with Crippen molar-refractivity contribution in [2.24, 2.45) is 11.7 Å². The van der Waals surface area contributed by atoms with Gasteiger partial charge in [0, 0.05) is 19.2 Å². The van der Waals surface area contributed by atoms with E-state index in [1.165, 1.54) is 6.07 Å². The van der Waals surface area contributed by atoms with Crippen LogP contribution in [-0.4, -0.2) is 24.6 Å². The zero-order valence-corrected chi connectivity index (χ0v) is 12.5. The molecule has 5 nitrogen and oxygen atoms in total. The minimum absolute atomic E-state index is 0.0108. The molecule has 1 heterocycles. The molecule has 0 amide bonds. The molecule has 1 fully saturated rings. The van der Waals surface area contributed by atoms with E-state index in [4.69, 9.17) is 28.9 Å². The summed E-state index contributed by atoms with van der Waals surface area (Å²) in [6, 6.07) is 2.91. The number of rotatable bonds is 4. The van der Waals surface area contributed by atoms with E-state index in [1.807, 2.05) is 4.90 Å². The molecule has 0 bridgehead atoms. The van der Waals surface area contributed by atoms with Crippen molar-refractivity contribution in [3.63, 3.8) is 0 Å². The van der Waals surface area contributed by atoms with E-state index < -0.39 is 4.92 Å². The van der Waals surface area contributed by atoms with Crippen LogP contribution in [0.15, 0.2) is 12.1 Å². The first-order valence-corrected chi connectivity index (χ1v) is 7.37. The summed E-state index contributed by atoms with van der Waals surface area (Å²) in [7, 11) is 0. The van der Waals surface area contributed by atoms with Gasteiger partial charge < -0.3 is 10.6 Å². The molecule has 1 aliphatic rings. The first kappa shape index (κ1) is 15.4. The summed E-state index contributed by atoms with van der Waals surface area (Å²) < 4.78 is 0. The van der Waals surface area contributed by atoms with Crippen LogP contribution in [-0.2, 0) is 0 Å². The zero-order chi connectivity index (χ0) is 14.7. The van der Waals surface area contributed by atoms with Gasteiger partial charge in [0.05, 0.1) is 15.0 Å². The molecule has 0 saturated carbocycles. The zero-order valence-electron chi connectivity index (χ0n) is 11.0. The minimum atomic E-state index is -0.413. The molecule has 20 heavy (non-hydrogen) atoms. The van der Waals surface area contributed by atoms with Crippen LogP contribution in [0.3, 0.4) is 0 Å². The number of nitrogens with zero attached hydrogens (tertiary/aromatic N) is 2. The Kier molecular flexibility index (Phi) is 5.07. The van der Waals surface area contributed by atoms with Crippen LogP contribution in [0.2, 0.25) is 10.0 Å². The van der Waals surface area contributed by atoms with Crippen molar-refractivity contribution < 1.29 is 4.92 Å². The molecule has 0 aromatic heterocycles. The molecule has 7 heteroatoms. The Morgan fingerprint density at radius 3 is 2.45 bits per heavy atom. The van der Waals surface area contributed by atoms with Crippen LogP contribution in [0, 0.1) is 16.0 Å². The van der Waals surface area contributed by atoms with Crippen molar-refractivity contribution in [3.8, 4) is 0 Å². The molecule has 1 aromatic rings. The average Bonchev–Trinajstić information content (AvgIpc) is 2.42. The maximum absolute atomic E-state index is 11.2. The number of nitro benzene ring substituents is 1. The van der Waals surface area contributed by atoms with Crippen LogP contribution >= 0.6 is 23.2 Å². The number of nitro groups is 1. The summed E-state index contributed by atoms with van der Waals surface area (Å²) in [5.74, 6) is 0.609. The van der Waals surface area contributed by atoms with Gasteiger partial charge in [-0.05, 0) is 37.8 Å². The number of hydrogen-bond donors (Lipinski definition) is 1. The van der Waals surface area contributed by atoms with Gasteiger partial charge in [0.2, 0.25) is 0 Å². The molecule has 2 rings (SSSR count). The first-order valence-electron chi connectivity index (χ1n) is 6.61. The van der Waals surface area contributed by atoms with E-state index in [1.54, 1.807) is 6.07 Å². The van der Waals surface area contributed by atoms with Gasteiger partial charge in [0.25, 0.3) is 5.69 Å². The highest BCUT2D eigenvalue weighted by Gasteiger charge is 2.25. The SMILES string of the molecule is NCCC1CCN(c2cc(Cl)c(Cl)cc2[N+](=O)[O-])CC1. The second kappa shape index (κ2) is 6.61. The minimum Gasteiger partial charge on any atom is -0.366 e. The smallest absolute Gasteiger partial charge is 0.294 e. The summed E-state index contributed by atoms with van der Waals surface area (Å²) in [6.45, 7) is 2.25. The number of nitrogens with two attached hydrogens (primary N) is 1. The van der Waals surface area contributed by atoms with Crippen molar-refractivity contribution in [3.05, 3.63) is 32.3 Å². The molecule has 1 aromatic carbocycles. The number of benzene rings is 1. The van der Waals surface area contributed by atoms with Gasteiger partial charge in [-0.3, -0.25) is 10.1 Å². The molecular weight excluding hydrogens is 301 g/mol.